The molecule has 2 amide bonds. The molecule has 1 aliphatic rings. The molecule has 0 aromatic rings. The van der Waals surface area contributed by atoms with E-state index in [1.807, 2.05) is 5.32 Å². The highest BCUT2D eigenvalue weighted by atomic mass is 19.4. The zero-order chi connectivity index (χ0) is 14.0. The van der Waals surface area contributed by atoms with Crippen LogP contribution in [0.3, 0.4) is 0 Å². The van der Waals surface area contributed by atoms with Crippen LogP contribution in [0.25, 0.3) is 0 Å². The number of nitrogens with one attached hydrogen (secondary N) is 2. The highest BCUT2D eigenvalue weighted by Crippen LogP contribution is 2.48. The first kappa shape index (κ1) is 14.3. The first-order valence-electron chi connectivity index (χ1n) is 5.21. The molecule has 1 saturated carbocycles. The van der Waals surface area contributed by atoms with Crippen LogP contribution in [0.2, 0.25) is 0 Å². The number of alkyl halides is 3. The van der Waals surface area contributed by atoms with Gasteiger partial charge in [0.15, 0.2) is 0 Å². The quantitative estimate of drug-likeness (QED) is 0.658. The lowest BCUT2D eigenvalue weighted by atomic mass is 10.2. The zero-order valence-corrected chi connectivity index (χ0v) is 9.38. The average molecular weight is 266 g/mol. The summed E-state index contributed by atoms with van der Waals surface area (Å²) in [6.45, 7) is 3.30. The van der Waals surface area contributed by atoms with Gasteiger partial charge in [0.25, 0.3) is 0 Å². The fourth-order valence-electron chi connectivity index (χ4n) is 1.40. The molecule has 1 rings (SSSR count). The van der Waals surface area contributed by atoms with Gasteiger partial charge in [0.2, 0.25) is 0 Å². The summed E-state index contributed by atoms with van der Waals surface area (Å²) in [6, 6.07) is -2.43. The van der Waals surface area contributed by atoms with Crippen molar-refractivity contribution < 1.29 is 27.9 Å². The Hall–Kier alpha value is -1.73. The number of carboxylic acid groups (broad SMARTS) is 1. The lowest BCUT2D eigenvalue weighted by molar-refractivity contribution is -0.162. The Morgan fingerprint density at radius 3 is 2.33 bits per heavy atom. The van der Waals surface area contributed by atoms with Crippen LogP contribution in [0, 0.1) is 0 Å². The SMILES string of the molecule is C=CCC(NC(=O)NC1(C(F)(F)F)CC1)C(=O)O. The highest BCUT2D eigenvalue weighted by Gasteiger charge is 2.64. The van der Waals surface area contributed by atoms with Gasteiger partial charge >= 0.3 is 18.2 Å². The predicted octanol–water partition coefficient (Wildman–Crippen LogP) is 1.41. The van der Waals surface area contributed by atoms with Gasteiger partial charge in [0.05, 0.1) is 0 Å². The van der Waals surface area contributed by atoms with Gasteiger partial charge in [-0.3, -0.25) is 0 Å². The number of halogens is 3. The van der Waals surface area contributed by atoms with Crippen molar-refractivity contribution >= 4 is 12.0 Å². The van der Waals surface area contributed by atoms with Crippen LogP contribution in [0.1, 0.15) is 19.3 Å². The van der Waals surface area contributed by atoms with E-state index in [9.17, 15) is 22.8 Å². The van der Waals surface area contributed by atoms with Crippen LogP contribution in [0.4, 0.5) is 18.0 Å². The second kappa shape index (κ2) is 4.87. The summed E-state index contributed by atoms with van der Waals surface area (Å²) >= 11 is 0. The van der Waals surface area contributed by atoms with Crippen LogP contribution in [0.15, 0.2) is 12.7 Å². The van der Waals surface area contributed by atoms with E-state index >= 15 is 0 Å². The molecule has 8 heteroatoms. The number of rotatable bonds is 5. The summed E-state index contributed by atoms with van der Waals surface area (Å²) in [5.74, 6) is -1.33. The smallest absolute Gasteiger partial charge is 0.411 e. The first-order valence-corrected chi connectivity index (χ1v) is 5.21. The number of carbonyl (C=O) groups excluding carboxylic acids is 1. The van der Waals surface area contributed by atoms with E-state index in [4.69, 9.17) is 5.11 Å². The average Bonchev–Trinajstić information content (AvgIpc) is 2.97. The molecule has 0 spiro atoms. The number of carbonyl (C=O) groups is 2. The Labute approximate surface area is 101 Å². The Bertz CT molecular complexity index is 364. The van der Waals surface area contributed by atoms with E-state index in [-0.39, 0.29) is 19.3 Å². The van der Waals surface area contributed by atoms with E-state index in [1.165, 1.54) is 6.08 Å². The number of amides is 2. The maximum Gasteiger partial charge on any atom is 0.411 e. The van der Waals surface area contributed by atoms with Crippen molar-refractivity contribution in [3.63, 3.8) is 0 Å². The van der Waals surface area contributed by atoms with Gasteiger partial charge in [-0.15, -0.1) is 6.58 Å². The fourth-order valence-corrected chi connectivity index (χ4v) is 1.40. The van der Waals surface area contributed by atoms with E-state index in [1.54, 1.807) is 5.32 Å². The summed E-state index contributed by atoms with van der Waals surface area (Å²) in [7, 11) is 0. The van der Waals surface area contributed by atoms with Crippen molar-refractivity contribution in [2.45, 2.75) is 37.0 Å². The number of hydrogen-bond acceptors (Lipinski definition) is 2. The lowest BCUT2D eigenvalue weighted by Gasteiger charge is -2.22. The van der Waals surface area contributed by atoms with E-state index in [2.05, 4.69) is 6.58 Å². The van der Waals surface area contributed by atoms with Crippen LogP contribution in [-0.2, 0) is 4.79 Å². The molecular formula is C10H13F3N2O3. The molecular weight excluding hydrogens is 253 g/mol. The van der Waals surface area contributed by atoms with Crippen LogP contribution in [0.5, 0.6) is 0 Å². The maximum absolute atomic E-state index is 12.5. The van der Waals surface area contributed by atoms with Crippen LogP contribution >= 0.6 is 0 Å². The summed E-state index contributed by atoms with van der Waals surface area (Å²) < 4.78 is 37.6. The molecule has 0 aliphatic heterocycles. The molecule has 18 heavy (non-hydrogen) atoms. The summed E-state index contributed by atoms with van der Waals surface area (Å²) in [5, 5.41) is 12.5. The third-order valence-electron chi connectivity index (χ3n) is 2.65. The van der Waals surface area contributed by atoms with E-state index in [0.717, 1.165) is 0 Å². The molecule has 1 aliphatic carbocycles. The van der Waals surface area contributed by atoms with Crippen LogP contribution in [-0.4, -0.2) is 34.9 Å². The molecule has 5 nitrogen and oxygen atoms in total. The number of hydrogen-bond donors (Lipinski definition) is 3. The normalized spacial score (nSPS) is 18.6. The Morgan fingerprint density at radius 2 is 2.00 bits per heavy atom. The van der Waals surface area contributed by atoms with Crippen molar-refractivity contribution in [3.8, 4) is 0 Å². The molecule has 0 aromatic heterocycles. The molecule has 0 radical (unpaired) electrons. The largest absolute Gasteiger partial charge is 0.480 e. The summed E-state index contributed by atoms with van der Waals surface area (Å²) in [6.07, 6.45) is -3.72. The molecule has 1 atom stereocenters. The molecule has 0 saturated heterocycles. The minimum atomic E-state index is -4.53. The Balaban J connectivity index is 2.56. The van der Waals surface area contributed by atoms with Crippen molar-refractivity contribution in [3.05, 3.63) is 12.7 Å². The van der Waals surface area contributed by atoms with Gasteiger partial charge in [0, 0.05) is 0 Å². The van der Waals surface area contributed by atoms with E-state index < -0.39 is 29.8 Å². The standard InChI is InChI=1S/C10H13F3N2O3/c1-2-3-6(7(16)17)14-8(18)15-9(4-5-9)10(11,12)13/h2,6H,1,3-5H2,(H,16,17)(H2,14,15,18). The van der Waals surface area contributed by atoms with Gasteiger partial charge in [-0.2, -0.15) is 13.2 Å². The molecule has 0 aromatic carbocycles. The summed E-state index contributed by atoms with van der Waals surface area (Å²) in [4.78, 5) is 22.0. The molecule has 102 valence electrons. The maximum atomic E-state index is 12.5. The van der Waals surface area contributed by atoms with Crippen molar-refractivity contribution in [1.82, 2.24) is 10.6 Å². The molecule has 1 fully saturated rings. The van der Waals surface area contributed by atoms with Gasteiger partial charge in [-0.05, 0) is 19.3 Å². The number of carboxylic acids is 1. The van der Waals surface area contributed by atoms with Crippen LogP contribution < -0.4 is 10.6 Å². The summed E-state index contributed by atoms with van der Waals surface area (Å²) in [5.41, 5.74) is -2.20. The topological polar surface area (TPSA) is 78.4 Å². The zero-order valence-electron chi connectivity index (χ0n) is 9.38. The first-order chi connectivity index (χ1) is 8.22. The van der Waals surface area contributed by atoms with Gasteiger partial charge < -0.3 is 15.7 Å². The van der Waals surface area contributed by atoms with E-state index in [0.29, 0.717) is 0 Å². The molecule has 0 heterocycles. The Morgan fingerprint density at radius 1 is 1.44 bits per heavy atom. The second-order valence-corrected chi connectivity index (χ2v) is 4.09. The highest BCUT2D eigenvalue weighted by molar-refractivity contribution is 5.83. The van der Waals surface area contributed by atoms with Gasteiger partial charge in [0.1, 0.15) is 11.6 Å². The second-order valence-electron chi connectivity index (χ2n) is 4.09. The third-order valence-corrected chi connectivity index (χ3v) is 2.65. The minimum absolute atomic E-state index is 0.0677. The van der Waals surface area contributed by atoms with Crippen molar-refractivity contribution in [2.24, 2.45) is 0 Å². The monoisotopic (exact) mass is 266 g/mol. The number of aliphatic carboxylic acids is 1. The fraction of sp³-hybridized carbons (Fsp3) is 0.600. The molecule has 0 bridgehead atoms. The number of urea groups is 1. The lowest BCUT2D eigenvalue weighted by Crippen LogP contribution is -2.54. The predicted molar refractivity (Wildman–Crippen MR) is 55.9 cm³/mol. The third kappa shape index (κ3) is 3.14. The molecule has 3 N–H and O–H groups in total. The van der Waals surface area contributed by atoms with Crippen molar-refractivity contribution in [2.75, 3.05) is 0 Å². The minimum Gasteiger partial charge on any atom is -0.480 e. The Kier molecular flexibility index (Phi) is 3.88. The van der Waals surface area contributed by atoms with Gasteiger partial charge in [-0.25, -0.2) is 9.59 Å². The van der Waals surface area contributed by atoms with Gasteiger partial charge in [-0.1, -0.05) is 6.08 Å². The molecule has 1 unspecified atom stereocenters. The van der Waals surface area contributed by atoms with Crippen molar-refractivity contribution in [1.29, 1.82) is 0 Å².